The molecule has 0 saturated carbocycles. The van der Waals surface area contributed by atoms with E-state index in [0.717, 1.165) is 58.0 Å². The van der Waals surface area contributed by atoms with Crippen LogP contribution < -0.4 is 14.2 Å². The molecule has 0 N–H and O–H groups in total. The summed E-state index contributed by atoms with van der Waals surface area (Å²) in [5.74, 6) is 2.01. The fourth-order valence-electron chi connectivity index (χ4n) is 4.57. The molecule has 0 atom stereocenters. The first kappa shape index (κ1) is 23.2. The molecule has 0 spiro atoms. The van der Waals surface area contributed by atoms with Crippen molar-refractivity contribution in [1.82, 2.24) is 9.88 Å². The van der Waals surface area contributed by atoms with Gasteiger partial charge in [-0.15, -0.1) is 0 Å². The van der Waals surface area contributed by atoms with Crippen LogP contribution in [-0.4, -0.2) is 48.8 Å². The second-order valence-corrected chi connectivity index (χ2v) is 8.76. The predicted molar refractivity (Wildman–Crippen MR) is 132 cm³/mol. The Labute approximate surface area is 205 Å². The molecular formula is C28H30N2O5. The number of ether oxygens (including phenoxy) is 4. The largest absolute Gasteiger partial charge is 0.486 e. The lowest BCUT2D eigenvalue weighted by Gasteiger charge is -2.27. The molecule has 0 radical (unpaired) electrons. The minimum absolute atomic E-state index is 0.183. The van der Waals surface area contributed by atoms with Crippen LogP contribution in [0.3, 0.4) is 0 Å². The summed E-state index contributed by atoms with van der Waals surface area (Å²) >= 11 is 0. The topological polar surface area (TPSA) is 70.1 Å². The highest BCUT2D eigenvalue weighted by Crippen LogP contribution is 2.36. The van der Waals surface area contributed by atoms with Crippen molar-refractivity contribution in [2.45, 2.75) is 33.4 Å². The van der Waals surface area contributed by atoms with E-state index in [1.807, 2.05) is 31.2 Å². The van der Waals surface area contributed by atoms with Crippen molar-refractivity contribution in [3.05, 3.63) is 70.9 Å². The highest BCUT2D eigenvalue weighted by molar-refractivity contribution is 5.72. The molecule has 35 heavy (non-hydrogen) atoms. The van der Waals surface area contributed by atoms with Crippen LogP contribution in [0.1, 0.15) is 29.3 Å². The van der Waals surface area contributed by atoms with Gasteiger partial charge < -0.3 is 18.9 Å². The van der Waals surface area contributed by atoms with Gasteiger partial charge in [-0.2, -0.15) is 0 Å². The van der Waals surface area contributed by atoms with Crippen LogP contribution in [0.4, 0.5) is 0 Å². The Balaban J connectivity index is 1.26. The van der Waals surface area contributed by atoms with E-state index >= 15 is 0 Å². The van der Waals surface area contributed by atoms with E-state index in [4.69, 9.17) is 23.9 Å². The lowest BCUT2D eigenvalue weighted by atomic mass is 9.96. The van der Waals surface area contributed by atoms with Gasteiger partial charge in [0.05, 0.1) is 18.8 Å². The number of pyridine rings is 1. The van der Waals surface area contributed by atoms with E-state index < -0.39 is 0 Å². The Morgan fingerprint density at radius 2 is 1.94 bits per heavy atom. The molecule has 2 aliphatic rings. The second-order valence-electron chi connectivity index (χ2n) is 8.76. The highest BCUT2D eigenvalue weighted by atomic mass is 16.6. The van der Waals surface area contributed by atoms with Crippen LogP contribution in [0.5, 0.6) is 17.4 Å². The molecule has 0 saturated heterocycles. The summed E-state index contributed by atoms with van der Waals surface area (Å²) in [6.07, 6.45) is 0.782. The molecule has 182 valence electrons. The second kappa shape index (κ2) is 10.4. The zero-order chi connectivity index (χ0) is 24.2. The van der Waals surface area contributed by atoms with Gasteiger partial charge >= 0.3 is 5.97 Å². The lowest BCUT2D eigenvalue weighted by Crippen LogP contribution is -2.36. The van der Waals surface area contributed by atoms with Crippen molar-refractivity contribution >= 4 is 5.97 Å². The minimum atomic E-state index is -0.183. The van der Waals surface area contributed by atoms with Crippen molar-refractivity contribution in [1.29, 1.82) is 0 Å². The molecule has 0 unspecified atom stereocenters. The Morgan fingerprint density at radius 3 is 2.80 bits per heavy atom. The molecule has 5 rings (SSSR count). The average molecular weight is 475 g/mol. The maximum atomic E-state index is 11.8. The van der Waals surface area contributed by atoms with Gasteiger partial charge in [-0.25, -0.2) is 4.98 Å². The number of hydrogen-bond acceptors (Lipinski definition) is 7. The molecule has 3 aromatic rings. The third-order valence-corrected chi connectivity index (χ3v) is 6.43. The minimum Gasteiger partial charge on any atom is -0.486 e. The number of rotatable bonds is 7. The summed E-state index contributed by atoms with van der Waals surface area (Å²) in [6, 6.07) is 16.3. The Hall–Kier alpha value is -3.58. The predicted octanol–water partition coefficient (Wildman–Crippen LogP) is 4.33. The van der Waals surface area contributed by atoms with E-state index in [9.17, 15) is 4.79 Å². The molecule has 7 heteroatoms. The molecule has 7 nitrogen and oxygen atoms in total. The summed E-state index contributed by atoms with van der Waals surface area (Å²) in [5, 5.41) is 0. The summed E-state index contributed by atoms with van der Waals surface area (Å²) < 4.78 is 22.6. The van der Waals surface area contributed by atoms with E-state index in [1.54, 1.807) is 0 Å². The number of carbonyl (C=O) groups is 1. The van der Waals surface area contributed by atoms with Gasteiger partial charge in [-0.3, -0.25) is 9.69 Å². The molecule has 0 aliphatic carbocycles. The van der Waals surface area contributed by atoms with Crippen LogP contribution in [-0.2, 0) is 29.1 Å². The molecule has 3 heterocycles. The Morgan fingerprint density at radius 1 is 1.09 bits per heavy atom. The first-order valence-corrected chi connectivity index (χ1v) is 12.1. The number of aromatic nitrogens is 1. The first-order chi connectivity index (χ1) is 17.1. The van der Waals surface area contributed by atoms with E-state index in [-0.39, 0.29) is 5.97 Å². The van der Waals surface area contributed by atoms with Crippen LogP contribution in [0.25, 0.3) is 11.1 Å². The molecule has 0 bridgehead atoms. The number of hydrogen-bond donors (Lipinski definition) is 0. The van der Waals surface area contributed by atoms with Crippen molar-refractivity contribution in [2.75, 3.05) is 32.9 Å². The van der Waals surface area contributed by atoms with E-state index in [2.05, 4.69) is 36.1 Å². The summed E-state index contributed by atoms with van der Waals surface area (Å²) in [7, 11) is 0. The molecule has 0 amide bonds. The van der Waals surface area contributed by atoms with Gasteiger partial charge in [0.1, 0.15) is 19.8 Å². The van der Waals surface area contributed by atoms with Crippen molar-refractivity contribution in [3.63, 3.8) is 0 Å². The smallest absolute Gasteiger partial charge is 0.320 e. The zero-order valence-electron chi connectivity index (χ0n) is 20.2. The monoisotopic (exact) mass is 474 g/mol. The van der Waals surface area contributed by atoms with Gasteiger partial charge in [0.2, 0.25) is 5.88 Å². The summed E-state index contributed by atoms with van der Waals surface area (Å²) in [6.45, 7) is 7.72. The van der Waals surface area contributed by atoms with Gasteiger partial charge in [-0.05, 0) is 53.8 Å². The highest BCUT2D eigenvalue weighted by Gasteiger charge is 2.21. The zero-order valence-corrected chi connectivity index (χ0v) is 20.2. The van der Waals surface area contributed by atoms with Gasteiger partial charge in [0, 0.05) is 25.6 Å². The van der Waals surface area contributed by atoms with Gasteiger partial charge in [0.25, 0.3) is 0 Å². The third-order valence-electron chi connectivity index (χ3n) is 6.43. The lowest BCUT2D eigenvalue weighted by molar-refractivity contribution is -0.144. The average Bonchev–Trinajstić information content (AvgIpc) is 2.88. The van der Waals surface area contributed by atoms with Crippen LogP contribution in [0, 0.1) is 6.92 Å². The normalized spacial score (nSPS) is 14.8. The Kier molecular flexibility index (Phi) is 6.86. The fraction of sp³-hybridized carbons (Fsp3) is 0.357. The molecular weight excluding hydrogens is 444 g/mol. The van der Waals surface area contributed by atoms with Crippen LogP contribution in [0.2, 0.25) is 0 Å². The van der Waals surface area contributed by atoms with Gasteiger partial charge in [-0.1, -0.05) is 30.3 Å². The number of fused-ring (bicyclic) bond motifs is 2. The number of esters is 1. The van der Waals surface area contributed by atoms with Crippen molar-refractivity contribution < 1.29 is 23.7 Å². The fourth-order valence-corrected chi connectivity index (χ4v) is 4.57. The van der Waals surface area contributed by atoms with Crippen LogP contribution in [0.15, 0.2) is 48.5 Å². The SMILES string of the molecule is CCOC(=O)CN1CCc2nc(OCc3cccc(-c4ccc5c(c4)OCCO5)c3C)ccc2C1. The maximum Gasteiger partial charge on any atom is 0.320 e. The number of benzene rings is 2. The van der Waals surface area contributed by atoms with E-state index in [0.29, 0.717) is 45.4 Å². The standard InChI is InChI=1S/C28H30N2O5/c1-3-32-28(31)17-30-12-11-24-21(16-30)8-10-27(29-24)35-18-22-5-4-6-23(19(22)2)20-7-9-25-26(15-20)34-14-13-33-25/h4-10,15H,3,11-14,16-18H2,1-2H3. The quantitative estimate of drug-likeness (QED) is 0.472. The third kappa shape index (κ3) is 5.25. The summed E-state index contributed by atoms with van der Waals surface area (Å²) in [5.41, 5.74) is 6.67. The van der Waals surface area contributed by atoms with Crippen molar-refractivity contribution in [2.24, 2.45) is 0 Å². The van der Waals surface area contributed by atoms with Crippen molar-refractivity contribution in [3.8, 4) is 28.5 Å². The molecule has 0 fully saturated rings. The molecule has 2 aromatic carbocycles. The number of carbonyl (C=O) groups excluding carboxylic acids is 1. The number of nitrogens with zero attached hydrogens (tertiary/aromatic N) is 2. The van der Waals surface area contributed by atoms with Crippen LogP contribution >= 0.6 is 0 Å². The first-order valence-electron chi connectivity index (χ1n) is 12.1. The summed E-state index contributed by atoms with van der Waals surface area (Å²) in [4.78, 5) is 18.6. The maximum absolute atomic E-state index is 11.8. The Bertz CT molecular complexity index is 1230. The molecule has 2 aliphatic heterocycles. The van der Waals surface area contributed by atoms with Gasteiger partial charge in [0.15, 0.2) is 11.5 Å². The molecule has 1 aromatic heterocycles. The van der Waals surface area contributed by atoms with E-state index in [1.165, 1.54) is 0 Å².